The van der Waals surface area contributed by atoms with Gasteiger partial charge in [-0.2, -0.15) is 0 Å². The van der Waals surface area contributed by atoms with Crippen LogP contribution in [0.1, 0.15) is 15.9 Å². The first-order valence-electron chi connectivity index (χ1n) is 6.15. The van der Waals surface area contributed by atoms with Gasteiger partial charge < -0.3 is 5.32 Å². The van der Waals surface area contributed by atoms with E-state index in [0.29, 0.717) is 16.5 Å². The lowest BCUT2D eigenvalue weighted by atomic mass is 10.1. The lowest BCUT2D eigenvalue weighted by molar-refractivity contribution is 0.0949. The van der Waals surface area contributed by atoms with E-state index in [0.717, 1.165) is 11.6 Å². The maximum atomic E-state index is 13.4. The fourth-order valence-electron chi connectivity index (χ4n) is 1.81. The second-order valence-electron chi connectivity index (χ2n) is 4.34. The highest BCUT2D eigenvalue weighted by Crippen LogP contribution is 2.21. The molecule has 1 N–H and O–H groups in total. The van der Waals surface area contributed by atoms with Crippen LogP contribution in [0.25, 0.3) is 0 Å². The Hall–Kier alpha value is -1.65. The number of carbonyl (C=O) groups is 1. The van der Waals surface area contributed by atoms with Gasteiger partial charge in [-0.3, -0.25) is 4.79 Å². The Morgan fingerprint density at radius 1 is 1.14 bits per heavy atom. The third-order valence-corrected chi connectivity index (χ3v) is 3.48. The van der Waals surface area contributed by atoms with Crippen molar-refractivity contribution in [1.29, 1.82) is 0 Å². The summed E-state index contributed by atoms with van der Waals surface area (Å²) in [6, 6.07) is 8.51. The molecule has 0 saturated carbocycles. The van der Waals surface area contributed by atoms with Gasteiger partial charge in [0.2, 0.25) is 0 Å². The van der Waals surface area contributed by atoms with Gasteiger partial charge in [-0.1, -0.05) is 35.3 Å². The van der Waals surface area contributed by atoms with Crippen LogP contribution in [0.3, 0.4) is 0 Å². The number of benzene rings is 2. The summed E-state index contributed by atoms with van der Waals surface area (Å²) in [6.07, 6.45) is 0.457. The lowest BCUT2D eigenvalue weighted by Gasteiger charge is -2.08. The largest absolute Gasteiger partial charge is 0.352 e. The predicted molar refractivity (Wildman–Crippen MR) is 78.9 cm³/mol. The SMILES string of the molecule is O=C(NCCc1ccc(Cl)cc1Cl)c1cccc(F)c1F. The van der Waals surface area contributed by atoms with Gasteiger partial charge in [0.15, 0.2) is 11.6 Å². The number of hydrogen-bond donors (Lipinski definition) is 1. The van der Waals surface area contributed by atoms with Gasteiger partial charge in [0.05, 0.1) is 5.56 Å². The Morgan fingerprint density at radius 2 is 1.90 bits per heavy atom. The molecule has 0 atom stereocenters. The summed E-state index contributed by atoms with van der Waals surface area (Å²) in [5.74, 6) is -2.87. The van der Waals surface area contributed by atoms with Crippen molar-refractivity contribution in [3.63, 3.8) is 0 Å². The van der Waals surface area contributed by atoms with Crippen LogP contribution in [0.5, 0.6) is 0 Å². The molecule has 0 unspecified atom stereocenters. The number of carbonyl (C=O) groups excluding carboxylic acids is 1. The van der Waals surface area contributed by atoms with E-state index in [9.17, 15) is 13.6 Å². The predicted octanol–water partition coefficient (Wildman–Crippen LogP) is 4.24. The smallest absolute Gasteiger partial charge is 0.254 e. The molecule has 0 aliphatic rings. The van der Waals surface area contributed by atoms with Crippen LogP contribution < -0.4 is 5.32 Å². The first kappa shape index (κ1) is 15.7. The molecule has 0 spiro atoms. The Balaban J connectivity index is 1.97. The van der Waals surface area contributed by atoms with Crippen molar-refractivity contribution in [2.45, 2.75) is 6.42 Å². The highest BCUT2D eigenvalue weighted by atomic mass is 35.5. The van der Waals surface area contributed by atoms with Crippen molar-refractivity contribution in [3.8, 4) is 0 Å². The summed E-state index contributed by atoms with van der Waals surface area (Å²) in [5.41, 5.74) is 0.485. The second-order valence-corrected chi connectivity index (χ2v) is 5.19. The van der Waals surface area contributed by atoms with E-state index in [1.165, 1.54) is 12.1 Å². The molecular formula is C15H11Cl2F2NO. The van der Waals surface area contributed by atoms with Crippen LogP contribution in [0.2, 0.25) is 10.0 Å². The molecule has 0 bridgehead atoms. The molecule has 0 saturated heterocycles. The number of nitrogens with one attached hydrogen (secondary N) is 1. The molecule has 2 aromatic carbocycles. The Morgan fingerprint density at radius 3 is 2.62 bits per heavy atom. The third kappa shape index (κ3) is 3.93. The van der Waals surface area contributed by atoms with E-state index in [1.54, 1.807) is 18.2 Å². The maximum Gasteiger partial charge on any atom is 0.254 e. The summed E-state index contributed by atoms with van der Waals surface area (Å²) in [5, 5.41) is 3.54. The highest BCUT2D eigenvalue weighted by molar-refractivity contribution is 6.35. The summed E-state index contributed by atoms with van der Waals surface area (Å²) in [7, 11) is 0. The molecule has 0 radical (unpaired) electrons. The lowest BCUT2D eigenvalue weighted by Crippen LogP contribution is -2.26. The van der Waals surface area contributed by atoms with Gasteiger partial charge in [-0.05, 0) is 36.2 Å². The fraction of sp³-hybridized carbons (Fsp3) is 0.133. The summed E-state index contributed by atoms with van der Waals surface area (Å²) in [4.78, 5) is 11.8. The van der Waals surface area contributed by atoms with Crippen LogP contribution >= 0.6 is 23.2 Å². The second kappa shape index (κ2) is 6.87. The molecule has 21 heavy (non-hydrogen) atoms. The molecule has 2 rings (SSSR count). The molecule has 2 nitrogen and oxygen atoms in total. The van der Waals surface area contributed by atoms with Gasteiger partial charge in [0.1, 0.15) is 0 Å². The first-order valence-corrected chi connectivity index (χ1v) is 6.91. The number of hydrogen-bond acceptors (Lipinski definition) is 1. The maximum absolute atomic E-state index is 13.4. The van der Waals surface area contributed by atoms with Crippen molar-refractivity contribution in [1.82, 2.24) is 5.32 Å². The summed E-state index contributed by atoms with van der Waals surface area (Å²) >= 11 is 11.8. The quantitative estimate of drug-likeness (QED) is 0.892. The summed E-state index contributed by atoms with van der Waals surface area (Å²) in [6.45, 7) is 0.246. The monoisotopic (exact) mass is 329 g/mol. The van der Waals surface area contributed by atoms with Crippen LogP contribution in [-0.2, 0) is 6.42 Å². The van der Waals surface area contributed by atoms with Crippen LogP contribution in [-0.4, -0.2) is 12.5 Å². The standard InChI is InChI=1S/C15H11Cl2F2NO/c16-10-5-4-9(12(17)8-10)6-7-20-15(21)11-2-1-3-13(18)14(11)19/h1-5,8H,6-7H2,(H,20,21). The molecule has 0 aliphatic heterocycles. The van der Waals surface area contributed by atoms with Crippen LogP contribution in [0.4, 0.5) is 8.78 Å². The van der Waals surface area contributed by atoms with Crippen molar-refractivity contribution >= 4 is 29.1 Å². The number of halogens is 4. The van der Waals surface area contributed by atoms with Crippen molar-refractivity contribution in [2.24, 2.45) is 0 Å². The average molecular weight is 330 g/mol. The molecule has 1 amide bonds. The van der Waals surface area contributed by atoms with Gasteiger partial charge in [-0.15, -0.1) is 0 Å². The molecule has 0 heterocycles. The average Bonchev–Trinajstić information content (AvgIpc) is 2.44. The van der Waals surface area contributed by atoms with Gasteiger partial charge in [0.25, 0.3) is 5.91 Å². The van der Waals surface area contributed by atoms with Crippen molar-refractivity contribution in [3.05, 3.63) is 69.2 Å². The fourth-order valence-corrected chi connectivity index (χ4v) is 2.31. The Labute approximate surface area is 130 Å². The zero-order valence-electron chi connectivity index (χ0n) is 10.8. The highest BCUT2D eigenvalue weighted by Gasteiger charge is 2.14. The zero-order valence-corrected chi connectivity index (χ0v) is 12.3. The molecule has 2 aromatic rings. The number of rotatable bonds is 4. The minimum Gasteiger partial charge on any atom is -0.352 e. The van der Waals surface area contributed by atoms with Crippen molar-refractivity contribution in [2.75, 3.05) is 6.54 Å². The molecule has 0 fully saturated rings. The van der Waals surface area contributed by atoms with Crippen LogP contribution in [0, 0.1) is 11.6 Å². The molecule has 0 aliphatic carbocycles. The van der Waals surface area contributed by atoms with Gasteiger partial charge in [0, 0.05) is 16.6 Å². The molecular weight excluding hydrogens is 319 g/mol. The minimum absolute atomic E-state index is 0.246. The van der Waals surface area contributed by atoms with E-state index in [1.807, 2.05) is 0 Å². The summed E-state index contributed by atoms with van der Waals surface area (Å²) < 4.78 is 26.5. The van der Waals surface area contributed by atoms with Gasteiger partial charge >= 0.3 is 0 Å². The zero-order chi connectivity index (χ0) is 15.4. The first-order chi connectivity index (χ1) is 9.99. The van der Waals surface area contributed by atoms with Crippen molar-refractivity contribution < 1.29 is 13.6 Å². The molecule has 6 heteroatoms. The Bertz CT molecular complexity index is 677. The third-order valence-electron chi connectivity index (χ3n) is 2.89. The van der Waals surface area contributed by atoms with Gasteiger partial charge in [-0.25, -0.2) is 8.78 Å². The minimum atomic E-state index is -1.15. The Kier molecular flexibility index (Phi) is 5.15. The van der Waals surface area contributed by atoms with E-state index in [4.69, 9.17) is 23.2 Å². The van der Waals surface area contributed by atoms with E-state index in [2.05, 4.69) is 5.32 Å². The normalized spacial score (nSPS) is 10.5. The van der Waals surface area contributed by atoms with E-state index in [-0.39, 0.29) is 12.1 Å². The van der Waals surface area contributed by atoms with E-state index >= 15 is 0 Å². The molecule has 0 aromatic heterocycles. The van der Waals surface area contributed by atoms with E-state index < -0.39 is 17.5 Å². The van der Waals surface area contributed by atoms with Crippen LogP contribution in [0.15, 0.2) is 36.4 Å². The topological polar surface area (TPSA) is 29.1 Å². The molecule has 110 valence electrons. The number of amides is 1.